The van der Waals surface area contributed by atoms with Crippen LogP contribution in [0.2, 0.25) is 5.02 Å². The SMILES string of the molecule is Cc1ccc(C)c(OCC(=O)NCc2nc3ccccc3n2Cc2c(F)cccc2Cl)c1. The third-order valence-corrected chi connectivity index (χ3v) is 5.61. The average Bonchev–Trinajstić information content (AvgIpc) is 3.13. The number of fused-ring (bicyclic) bond motifs is 1. The van der Waals surface area contributed by atoms with Gasteiger partial charge in [-0.3, -0.25) is 4.79 Å². The second-order valence-electron chi connectivity index (χ2n) is 7.64. The van der Waals surface area contributed by atoms with Crippen LogP contribution in [0.25, 0.3) is 11.0 Å². The Labute approximate surface area is 190 Å². The third-order valence-electron chi connectivity index (χ3n) is 5.26. The molecule has 4 aromatic rings. The zero-order chi connectivity index (χ0) is 22.7. The Hall–Kier alpha value is -3.38. The molecule has 0 spiro atoms. The molecule has 5 nitrogen and oxygen atoms in total. The Morgan fingerprint density at radius 2 is 1.94 bits per heavy atom. The smallest absolute Gasteiger partial charge is 0.258 e. The molecule has 0 fully saturated rings. The van der Waals surface area contributed by atoms with Gasteiger partial charge in [0.05, 0.1) is 24.1 Å². The van der Waals surface area contributed by atoms with Crippen LogP contribution in [0.4, 0.5) is 4.39 Å². The number of hydrogen-bond acceptors (Lipinski definition) is 3. The number of ether oxygens (including phenoxy) is 1. The van der Waals surface area contributed by atoms with E-state index in [0.29, 0.717) is 22.2 Å². The molecule has 1 heterocycles. The van der Waals surface area contributed by atoms with E-state index in [1.807, 2.05) is 60.9 Å². The number of para-hydroxylation sites is 2. The summed E-state index contributed by atoms with van der Waals surface area (Å²) in [5.41, 5.74) is 4.00. The Kier molecular flexibility index (Phi) is 6.42. The van der Waals surface area contributed by atoms with Gasteiger partial charge in [-0.2, -0.15) is 0 Å². The van der Waals surface area contributed by atoms with Gasteiger partial charge in [-0.05, 0) is 55.3 Å². The highest BCUT2D eigenvalue weighted by molar-refractivity contribution is 6.31. The molecule has 7 heteroatoms. The first-order valence-electron chi connectivity index (χ1n) is 10.3. The minimum atomic E-state index is -0.382. The zero-order valence-electron chi connectivity index (χ0n) is 17.9. The summed E-state index contributed by atoms with van der Waals surface area (Å²) < 4.78 is 22.0. The molecule has 0 aliphatic heterocycles. The normalized spacial score (nSPS) is 11.0. The highest BCUT2D eigenvalue weighted by atomic mass is 35.5. The number of nitrogens with zero attached hydrogens (tertiary/aromatic N) is 2. The zero-order valence-corrected chi connectivity index (χ0v) is 18.6. The molecular formula is C25H23ClFN3O2. The van der Waals surface area contributed by atoms with E-state index in [1.165, 1.54) is 6.07 Å². The quantitative estimate of drug-likeness (QED) is 0.420. The number of benzene rings is 3. The van der Waals surface area contributed by atoms with Crippen LogP contribution in [0.1, 0.15) is 22.5 Å². The highest BCUT2D eigenvalue weighted by Gasteiger charge is 2.16. The Balaban J connectivity index is 1.51. The van der Waals surface area contributed by atoms with Gasteiger partial charge in [-0.15, -0.1) is 0 Å². The van der Waals surface area contributed by atoms with E-state index in [9.17, 15) is 9.18 Å². The van der Waals surface area contributed by atoms with Crippen LogP contribution in [0.15, 0.2) is 60.7 Å². The van der Waals surface area contributed by atoms with E-state index in [4.69, 9.17) is 16.3 Å². The van der Waals surface area contributed by atoms with E-state index in [1.54, 1.807) is 12.1 Å². The second-order valence-corrected chi connectivity index (χ2v) is 8.04. The van der Waals surface area contributed by atoms with Crippen molar-refractivity contribution in [2.75, 3.05) is 6.61 Å². The number of hydrogen-bond donors (Lipinski definition) is 1. The number of rotatable bonds is 7. The molecule has 0 radical (unpaired) electrons. The van der Waals surface area contributed by atoms with Crippen molar-refractivity contribution >= 4 is 28.5 Å². The van der Waals surface area contributed by atoms with Crippen molar-refractivity contribution in [2.45, 2.75) is 26.9 Å². The highest BCUT2D eigenvalue weighted by Crippen LogP contribution is 2.24. The summed E-state index contributed by atoms with van der Waals surface area (Å²) in [6.45, 7) is 4.18. The van der Waals surface area contributed by atoms with Crippen LogP contribution in [-0.2, 0) is 17.9 Å². The molecule has 32 heavy (non-hydrogen) atoms. The molecule has 1 amide bonds. The van der Waals surface area contributed by atoms with Crippen molar-refractivity contribution in [3.05, 3.63) is 94.0 Å². The van der Waals surface area contributed by atoms with E-state index in [0.717, 1.165) is 22.2 Å². The Morgan fingerprint density at radius 3 is 2.75 bits per heavy atom. The van der Waals surface area contributed by atoms with Crippen LogP contribution in [-0.4, -0.2) is 22.1 Å². The van der Waals surface area contributed by atoms with Gasteiger partial charge in [0.2, 0.25) is 0 Å². The number of amides is 1. The molecular weight excluding hydrogens is 429 g/mol. The molecule has 1 aromatic heterocycles. The van der Waals surface area contributed by atoms with Crippen molar-refractivity contribution in [3.8, 4) is 5.75 Å². The first-order valence-corrected chi connectivity index (χ1v) is 10.6. The lowest BCUT2D eigenvalue weighted by atomic mass is 10.1. The fraction of sp³-hybridized carbons (Fsp3) is 0.200. The van der Waals surface area contributed by atoms with Crippen molar-refractivity contribution in [2.24, 2.45) is 0 Å². The monoisotopic (exact) mass is 451 g/mol. The average molecular weight is 452 g/mol. The molecule has 0 aliphatic carbocycles. The summed E-state index contributed by atoms with van der Waals surface area (Å²) in [7, 11) is 0. The maximum Gasteiger partial charge on any atom is 0.258 e. The number of imidazole rings is 1. The summed E-state index contributed by atoms with van der Waals surface area (Å²) in [6, 6.07) is 18.0. The number of carbonyl (C=O) groups is 1. The van der Waals surface area contributed by atoms with Gasteiger partial charge in [0.25, 0.3) is 5.91 Å². The number of halogens is 2. The molecule has 1 N–H and O–H groups in total. The fourth-order valence-corrected chi connectivity index (χ4v) is 3.74. The predicted molar refractivity (Wildman–Crippen MR) is 124 cm³/mol. The largest absolute Gasteiger partial charge is 0.483 e. The summed E-state index contributed by atoms with van der Waals surface area (Å²) in [5, 5.41) is 3.19. The number of nitrogens with one attached hydrogen (secondary N) is 1. The molecule has 0 aliphatic rings. The van der Waals surface area contributed by atoms with Gasteiger partial charge in [-0.1, -0.05) is 41.9 Å². The number of carbonyl (C=O) groups excluding carboxylic acids is 1. The van der Waals surface area contributed by atoms with E-state index in [2.05, 4.69) is 10.3 Å². The van der Waals surface area contributed by atoms with Gasteiger partial charge in [0.15, 0.2) is 6.61 Å². The fourth-order valence-electron chi connectivity index (χ4n) is 3.51. The van der Waals surface area contributed by atoms with Crippen LogP contribution >= 0.6 is 11.6 Å². The maximum absolute atomic E-state index is 14.4. The predicted octanol–water partition coefficient (Wildman–Crippen LogP) is 5.19. The molecule has 4 rings (SSSR count). The Morgan fingerprint density at radius 1 is 1.12 bits per heavy atom. The second kappa shape index (κ2) is 9.40. The first kappa shape index (κ1) is 21.8. The summed E-state index contributed by atoms with van der Waals surface area (Å²) in [5.74, 6) is 0.632. The Bertz CT molecular complexity index is 1270. The molecule has 0 saturated heterocycles. The van der Waals surface area contributed by atoms with E-state index < -0.39 is 0 Å². The minimum Gasteiger partial charge on any atom is -0.483 e. The summed E-state index contributed by atoms with van der Waals surface area (Å²) >= 11 is 6.24. The van der Waals surface area contributed by atoms with Gasteiger partial charge < -0.3 is 14.6 Å². The standard InChI is InChI=1S/C25H23ClFN3O2/c1-16-10-11-17(2)23(12-16)32-15-25(31)28-13-24-29-21-8-3-4-9-22(21)30(24)14-18-19(26)6-5-7-20(18)27/h3-12H,13-15H2,1-2H3,(H,28,31). The van der Waals surface area contributed by atoms with Crippen LogP contribution < -0.4 is 10.1 Å². The topological polar surface area (TPSA) is 56.1 Å². The maximum atomic E-state index is 14.4. The minimum absolute atomic E-state index is 0.107. The van der Waals surface area contributed by atoms with Crippen LogP contribution in [0, 0.1) is 19.7 Å². The van der Waals surface area contributed by atoms with Gasteiger partial charge in [0.1, 0.15) is 17.4 Å². The summed E-state index contributed by atoms with van der Waals surface area (Å²) in [4.78, 5) is 17.1. The van der Waals surface area contributed by atoms with Gasteiger partial charge >= 0.3 is 0 Å². The number of aryl methyl sites for hydroxylation is 2. The molecule has 0 saturated carbocycles. The van der Waals surface area contributed by atoms with Crippen LogP contribution in [0.3, 0.4) is 0 Å². The molecule has 0 bridgehead atoms. The molecule has 3 aromatic carbocycles. The van der Waals surface area contributed by atoms with Crippen LogP contribution in [0.5, 0.6) is 5.75 Å². The van der Waals surface area contributed by atoms with Gasteiger partial charge in [0, 0.05) is 10.6 Å². The van der Waals surface area contributed by atoms with Crippen molar-refractivity contribution in [3.63, 3.8) is 0 Å². The van der Waals surface area contributed by atoms with E-state index in [-0.39, 0.29) is 31.4 Å². The van der Waals surface area contributed by atoms with E-state index >= 15 is 0 Å². The lowest BCUT2D eigenvalue weighted by Crippen LogP contribution is -2.29. The van der Waals surface area contributed by atoms with Crippen molar-refractivity contribution in [1.82, 2.24) is 14.9 Å². The van der Waals surface area contributed by atoms with Gasteiger partial charge in [-0.25, -0.2) is 9.37 Å². The molecule has 0 unspecified atom stereocenters. The first-order chi connectivity index (χ1) is 15.4. The number of aromatic nitrogens is 2. The summed E-state index contributed by atoms with van der Waals surface area (Å²) in [6.07, 6.45) is 0. The third kappa shape index (κ3) is 4.75. The molecule has 0 atom stereocenters. The van der Waals surface area contributed by atoms with Crippen molar-refractivity contribution < 1.29 is 13.9 Å². The lowest BCUT2D eigenvalue weighted by molar-refractivity contribution is -0.123. The van der Waals surface area contributed by atoms with Crippen molar-refractivity contribution in [1.29, 1.82) is 0 Å². The molecule has 164 valence electrons. The lowest BCUT2D eigenvalue weighted by Gasteiger charge is -2.13.